The smallest absolute Gasteiger partial charge is 0.220 e. The molecule has 1 aliphatic heterocycles. The van der Waals surface area contributed by atoms with Crippen molar-refractivity contribution < 1.29 is 4.79 Å². The Morgan fingerprint density at radius 3 is 2.71 bits per heavy atom. The third-order valence-electron chi connectivity index (χ3n) is 3.81. The Hall–Kier alpha value is -0.770. The zero-order chi connectivity index (χ0) is 15.1. The maximum atomic E-state index is 11.8. The fraction of sp³-hybridized carbons (Fsp3) is 0.562. The highest BCUT2D eigenvalue weighted by atomic mass is 35.5. The molecular weight excluding hydrogens is 307 g/mol. The highest BCUT2D eigenvalue weighted by Crippen LogP contribution is 2.21. The second kappa shape index (κ2) is 8.62. The second-order valence-electron chi connectivity index (χ2n) is 5.49. The van der Waals surface area contributed by atoms with Gasteiger partial charge in [0.15, 0.2) is 0 Å². The lowest BCUT2D eigenvalue weighted by Crippen LogP contribution is -2.28. The summed E-state index contributed by atoms with van der Waals surface area (Å²) < 4.78 is 0. The van der Waals surface area contributed by atoms with Crippen LogP contribution in [0.2, 0.25) is 10.0 Å². The van der Waals surface area contributed by atoms with Gasteiger partial charge in [0.25, 0.3) is 0 Å². The van der Waals surface area contributed by atoms with Crippen molar-refractivity contribution in [3.8, 4) is 0 Å². The number of aryl methyl sites for hydroxylation is 1. The van der Waals surface area contributed by atoms with Crippen LogP contribution in [0.3, 0.4) is 0 Å². The number of carbonyl (C=O) groups excluding carboxylic acids is 1. The van der Waals surface area contributed by atoms with Gasteiger partial charge in [-0.1, -0.05) is 29.3 Å². The molecule has 1 fully saturated rings. The first kappa shape index (κ1) is 16.6. The summed E-state index contributed by atoms with van der Waals surface area (Å²) in [7, 11) is 0. The molecule has 0 atom stereocenters. The van der Waals surface area contributed by atoms with Crippen LogP contribution in [0.5, 0.6) is 0 Å². The summed E-state index contributed by atoms with van der Waals surface area (Å²) >= 11 is 11.9. The lowest BCUT2D eigenvalue weighted by molar-refractivity contribution is -0.121. The van der Waals surface area contributed by atoms with Crippen molar-refractivity contribution in [1.29, 1.82) is 0 Å². The molecule has 0 radical (unpaired) electrons. The number of carbonyl (C=O) groups is 1. The molecule has 0 saturated carbocycles. The maximum absolute atomic E-state index is 11.8. The number of nitrogens with one attached hydrogen (secondary N) is 1. The molecule has 5 heteroatoms. The number of benzene rings is 1. The van der Waals surface area contributed by atoms with E-state index in [-0.39, 0.29) is 5.91 Å². The second-order valence-corrected chi connectivity index (χ2v) is 6.33. The fourth-order valence-corrected chi connectivity index (χ4v) is 3.10. The minimum absolute atomic E-state index is 0.0856. The van der Waals surface area contributed by atoms with Gasteiger partial charge < -0.3 is 10.2 Å². The first-order chi connectivity index (χ1) is 10.1. The zero-order valence-corrected chi connectivity index (χ0v) is 13.7. The number of likely N-dealkylation sites (tertiary alicyclic amines) is 1. The third kappa shape index (κ3) is 5.85. The van der Waals surface area contributed by atoms with Gasteiger partial charge in [0, 0.05) is 23.0 Å². The predicted octanol–water partition coefficient (Wildman–Crippen LogP) is 3.53. The molecule has 0 aliphatic carbocycles. The molecular formula is C16H22Cl2N2O. The summed E-state index contributed by atoms with van der Waals surface area (Å²) in [6.07, 6.45) is 4.76. The van der Waals surface area contributed by atoms with E-state index in [0.29, 0.717) is 22.9 Å². The first-order valence-electron chi connectivity index (χ1n) is 7.58. The molecule has 1 amide bonds. The highest BCUT2D eigenvalue weighted by Gasteiger charge is 2.10. The summed E-state index contributed by atoms with van der Waals surface area (Å²) in [5.74, 6) is 0.0856. The standard InChI is InChI=1S/C16H22Cl2N2O/c17-14-6-4-13(15(18)12-14)5-7-16(21)19-8-3-11-20-9-1-2-10-20/h4,6,12H,1-3,5,7-11H2,(H,19,21). The van der Waals surface area contributed by atoms with Crippen molar-refractivity contribution in [3.05, 3.63) is 33.8 Å². The van der Waals surface area contributed by atoms with Gasteiger partial charge in [-0.05, 0) is 63.0 Å². The molecule has 2 rings (SSSR count). The Bertz CT molecular complexity index is 473. The van der Waals surface area contributed by atoms with Gasteiger partial charge in [-0.2, -0.15) is 0 Å². The number of rotatable bonds is 7. The Labute approximate surface area is 136 Å². The molecule has 0 bridgehead atoms. The van der Waals surface area contributed by atoms with Crippen molar-refractivity contribution in [2.24, 2.45) is 0 Å². The van der Waals surface area contributed by atoms with Crippen LogP contribution < -0.4 is 5.32 Å². The normalized spacial score (nSPS) is 15.3. The van der Waals surface area contributed by atoms with Gasteiger partial charge in [0.2, 0.25) is 5.91 Å². The molecule has 1 N–H and O–H groups in total. The van der Waals surface area contributed by atoms with Gasteiger partial charge >= 0.3 is 0 Å². The maximum Gasteiger partial charge on any atom is 0.220 e. The van der Waals surface area contributed by atoms with Crippen molar-refractivity contribution >= 4 is 29.1 Å². The molecule has 1 heterocycles. The average molecular weight is 329 g/mol. The monoisotopic (exact) mass is 328 g/mol. The molecule has 1 aromatic rings. The molecule has 21 heavy (non-hydrogen) atoms. The van der Waals surface area contributed by atoms with Crippen molar-refractivity contribution in [2.75, 3.05) is 26.2 Å². The Morgan fingerprint density at radius 1 is 1.24 bits per heavy atom. The van der Waals surface area contributed by atoms with Crippen LogP contribution in [-0.4, -0.2) is 37.0 Å². The van der Waals surface area contributed by atoms with E-state index in [0.717, 1.165) is 25.1 Å². The quantitative estimate of drug-likeness (QED) is 0.776. The molecule has 1 aromatic carbocycles. The van der Waals surface area contributed by atoms with Crippen LogP contribution in [-0.2, 0) is 11.2 Å². The van der Waals surface area contributed by atoms with Gasteiger partial charge in [-0.15, -0.1) is 0 Å². The van der Waals surface area contributed by atoms with Crippen molar-refractivity contribution in [1.82, 2.24) is 10.2 Å². The van der Waals surface area contributed by atoms with Crippen LogP contribution >= 0.6 is 23.2 Å². The van der Waals surface area contributed by atoms with Gasteiger partial charge in [0.1, 0.15) is 0 Å². The number of nitrogens with zero attached hydrogens (tertiary/aromatic N) is 1. The van der Waals surface area contributed by atoms with E-state index in [4.69, 9.17) is 23.2 Å². The van der Waals surface area contributed by atoms with Gasteiger partial charge in [-0.25, -0.2) is 0 Å². The zero-order valence-electron chi connectivity index (χ0n) is 12.2. The number of halogens is 2. The van der Waals surface area contributed by atoms with Crippen LogP contribution in [0.1, 0.15) is 31.2 Å². The molecule has 1 saturated heterocycles. The van der Waals surface area contributed by atoms with E-state index in [1.165, 1.54) is 25.9 Å². The molecule has 0 unspecified atom stereocenters. The van der Waals surface area contributed by atoms with Gasteiger partial charge in [0.05, 0.1) is 0 Å². The van der Waals surface area contributed by atoms with Crippen LogP contribution in [0.25, 0.3) is 0 Å². The average Bonchev–Trinajstić information content (AvgIpc) is 2.96. The van der Waals surface area contributed by atoms with E-state index in [1.54, 1.807) is 12.1 Å². The Morgan fingerprint density at radius 2 is 2.00 bits per heavy atom. The number of hydrogen-bond donors (Lipinski definition) is 1. The van der Waals surface area contributed by atoms with Crippen LogP contribution in [0.15, 0.2) is 18.2 Å². The van der Waals surface area contributed by atoms with Crippen molar-refractivity contribution in [3.63, 3.8) is 0 Å². The number of amides is 1. The molecule has 1 aliphatic rings. The minimum Gasteiger partial charge on any atom is -0.356 e. The highest BCUT2D eigenvalue weighted by molar-refractivity contribution is 6.35. The predicted molar refractivity (Wildman–Crippen MR) is 88.1 cm³/mol. The summed E-state index contributed by atoms with van der Waals surface area (Å²) in [6.45, 7) is 4.26. The largest absolute Gasteiger partial charge is 0.356 e. The van der Waals surface area contributed by atoms with E-state index >= 15 is 0 Å². The SMILES string of the molecule is O=C(CCc1ccc(Cl)cc1Cl)NCCCN1CCCC1. The van der Waals surface area contributed by atoms with Crippen molar-refractivity contribution in [2.45, 2.75) is 32.1 Å². The number of hydrogen-bond acceptors (Lipinski definition) is 2. The van der Waals surface area contributed by atoms with E-state index in [1.807, 2.05) is 6.07 Å². The minimum atomic E-state index is 0.0856. The molecule has 3 nitrogen and oxygen atoms in total. The lowest BCUT2D eigenvalue weighted by Gasteiger charge is -2.14. The van der Waals surface area contributed by atoms with E-state index < -0.39 is 0 Å². The first-order valence-corrected chi connectivity index (χ1v) is 8.34. The summed E-state index contributed by atoms with van der Waals surface area (Å²) in [6, 6.07) is 5.40. The summed E-state index contributed by atoms with van der Waals surface area (Å²) in [5.41, 5.74) is 0.966. The summed E-state index contributed by atoms with van der Waals surface area (Å²) in [5, 5.41) is 4.22. The lowest BCUT2D eigenvalue weighted by atomic mass is 10.1. The third-order valence-corrected chi connectivity index (χ3v) is 4.40. The topological polar surface area (TPSA) is 32.3 Å². The van der Waals surface area contributed by atoms with E-state index in [9.17, 15) is 4.79 Å². The molecule has 0 spiro atoms. The van der Waals surface area contributed by atoms with Crippen LogP contribution in [0, 0.1) is 0 Å². The fourth-order valence-electron chi connectivity index (χ4n) is 2.60. The Kier molecular flexibility index (Phi) is 6.81. The van der Waals surface area contributed by atoms with Crippen LogP contribution in [0.4, 0.5) is 0 Å². The van der Waals surface area contributed by atoms with E-state index in [2.05, 4.69) is 10.2 Å². The Balaban J connectivity index is 1.60. The van der Waals surface area contributed by atoms with Gasteiger partial charge in [-0.3, -0.25) is 4.79 Å². The summed E-state index contributed by atoms with van der Waals surface area (Å²) in [4.78, 5) is 14.3. The molecule has 116 valence electrons. The molecule has 0 aromatic heterocycles.